The van der Waals surface area contributed by atoms with Crippen LogP contribution in [0.2, 0.25) is 0 Å². The Kier molecular flexibility index (Phi) is 2.80. The van der Waals surface area contributed by atoms with Crippen LogP contribution in [0.5, 0.6) is 0 Å². The molecule has 1 saturated heterocycles. The van der Waals surface area contributed by atoms with Gasteiger partial charge in [0.2, 0.25) is 0 Å². The zero-order chi connectivity index (χ0) is 10.9. The Bertz CT molecular complexity index is 329. The number of hydrogen-bond donors (Lipinski definition) is 1. The average molecular weight is 210 g/mol. The summed E-state index contributed by atoms with van der Waals surface area (Å²) in [5.74, 6) is 0. The van der Waals surface area contributed by atoms with E-state index in [1.54, 1.807) is 10.9 Å². The first-order chi connectivity index (χ1) is 7.10. The van der Waals surface area contributed by atoms with Crippen LogP contribution >= 0.6 is 0 Å². The number of aliphatic hydroxyl groups is 1. The van der Waals surface area contributed by atoms with E-state index in [0.29, 0.717) is 6.42 Å². The third-order valence-corrected chi connectivity index (χ3v) is 3.14. The van der Waals surface area contributed by atoms with Crippen LogP contribution in [-0.4, -0.2) is 33.2 Å². The fourth-order valence-corrected chi connectivity index (χ4v) is 2.08. The normalized spacial score (nSPS) is 28.2. The molecular weight excluding hydrogens is 192 g/mol. The highest BCUT2D eigenvalue weighted by atomic mass is 16.5. The molecule has 0 saturated carbocycles. The van der Waals surface area contributed by atoms with Crippen molar-refractivity contribution in [1.82, 2.24) is 9.78 Å². The van der Waals surface area contributed by atoms with Gasteiger partial charge in [0.05, 0.1) is 17.9 Å². The van der Waals surface area contributed by atoms with Crippen molar-refractivity contribution in [2.24, 2.45) is 7.05 Å². The molecule has 0 bridgehead atoms. The van der Waals surface area contributed by atoms with Crippen LogP contribution in [0.3, 0.4) is 0 Å². The van der Waals surface area contributed by atoms with Gasteiger partial charge in [-0.1, -0.05) is 0 Å². The summed E-state index contributed by atoms with van der Waals surface area (Å²) in [4.78, 5) is 0. The molecule has 15 heavy (non-hydrogen) atoms. The Labute approximate surface area is 89.9 Å². The fourth-order valence-electron chi connectivity index (χ4n) is 2.08. The molecule has 4 nitrogen and oxygen atoms in total. The Morgan fingerprint density at radius 3 is 3.07 bits per heavy atom. The van der Waals surface area contributed by atoms with E-state index in [1.165, 1.54) is 0 Å². The SMILES string of the molecule is Cn1cc(CC(O)C2(C)CCCO2)cn1. The van der Waals surface area contributed by atoms with Crippen LogP contribution in [0.4, 0.5) is 0 Å². The average Bonchev–Trinajstić information content (AvgIpc) is 2.76. The van der Waals surface area contributed by atoms with E-state index in [1.807, 2.05) is 20.2 Å². The van der Waals surface area contributed by atoms with Crippen LogP contribution < -0.4 is 0 Å². The minimum Gasteiger partial charge on any atom is -0.390 e. The predicted octanol–water partition coefficient (Wildman–Crippen LogP) is 0.893. The van der Waals surface area contributed by atoms with Gasteiger partial charge in [0.25, 0.3) is 0 Å². The van der Waals surface area contributed by atoms with Gasteiger partial charge in [-0.15, -0.1) is 0 Å². The Balaban J connectivity index is 1.99. The van der Waals surface area contributed by atoms with Gasteiger partial charge in [-0.05, 0) is 25.3 Å². The molecule has 2 rings (SSSR count). The highest BCUT2D eigenvalue weighted by molar-refractivity contribution is 5.07. The molecule has 1 aliphatic rings. The zero-order valence-electron chi connectivity index (χ0n) is 9.31. The molecule has 0 aromatic carbocycles. The second-order valence-electron chi connectivity index (χ2n) is 4.51. The second kappa shape index (κ2) is 3.94. The van der Waals surface area contributed by atoms with E-state index < -0.39 is 6.10 Å². The Morgan fingerprint density at radius 1 is 1.73 bits per heavy atom. The smallest absolute Gasteiger partial charge is 0.0916 e. The van der Waals surface area contributed by atoms with Crippen molar-refractivity contribution in [3.63, 3.8) is 0 Å². The van der Waals surface area contributed by atoms with Gasteiger partial charge in [0, 0.05) is 26.3 Å². The maximum atomic E-state index is 10.1. The van der Waals surface area contributed by atoms with E-state index in [-0.39, 0.29) is 5.60 Å². The predicted molar refractivity (Wildman–Crippen MR) is 56.5 cm³/mol. The lowest BCUT2D eigenvalue weighted by Gasteiger charge is -2.28. The summed E-state index contributed by atoms with van der Waals surface area (Å²) in [6.45, 7) is 2.75. The van der Waals surface area contributed by atoms with E-state index >= 15 is 0 Å². The van der Waals surface area contributed by atoms with Crippen molar-refractivity contribution in [2.75, 3.05) is 6.61 Å². The number of hydrogen-bond acceptors (Lipinski definition) is 3. The highest BCUT2D eigenvalue weighted by Gasteiger charge is 2.37. The molecule has 0 spiro atoms. The molecule has 1 aromatic rings. The number of aromatic nitrogens is 2. The number of ether oxygens (including phenoxy) is 1. The van der Waals surface area contributed by atoms with Gasteiger partial charge in [-0.25, -0.2) is 0 Å². The summed E-state index contributed by atoms with van der Waals surface area (Å²) in [5, 5.41) is 14.2. The quantitative estimate of drug-likeness (QED) is 0.806. The molecule has 2 unspecified atom stereocenters. The molecular formula is C11H18N2O2. The number of aliphatic hydroxyl groups excluding tert-OH is 1. The minimum absolute atomic E-state index is 0.365. The van der Waals surface area contributed by atoms with E-state index in [4.69, 9.17) is 4.74 Å². The number of rotatable bonds is 3. The first kappa shape index (κ1) is 10.6. The second-order valence-corrected chi connectivity index (χ2v) is 4.51. The van der Waals surface area contributed by atoms with Gasteiger partial charge >= 0.3 is 0 Å². The first-order valence-corrected chi connectivity index (χ1v) is 5.40. The molecule has 0 radical (unpaired) electrons. The Morgan fingerprint density at radius 2 is 2.53 bits per heavy atom. The van der Waals surface area contributed by atoms with Gasteiger partial charge in [0.1, 0.15) is 0 Å². The van der Waals surface area contributed by atoms with Crippen LogP contribution in [0.15, 0.2) is 12.4 Å². The van der Waals surface area contributed by atoms with Gasteiger partial charge in [-0.2, -0.15) is 5.10 Å². The molecule has 0 aliphatic carbocycles. The summed E-state index contributed by atoms with van der Waals surface area (Å²) in [5.41, 5.74) is 0.692. The fraction of sp³-hybridized carbons (Fsp3) is 0.727. The highest BCUT2D eigenvalue weighted by Crippen LogP contribution is 2.30. The molecule has 84 valence electrons. The standard InChI is InChI=1S/C11H18N2O2/c1-11(4-3-5-15-11)10(14)6-9-7-12-13(2)8-9/h7-8,10,14H,3-6H2,1-2H3. The topological polar surface area (TPSA) is 47.3 Å². The molecule has 1 aromatic heterocycles. The molecule has 1 N–H and O–H groups in total. The van der Waals surface area contributed by atoms with Crippen molar-refractivity contribution in [2.45, 2.75) is 37.9 Å². The lowest BCUT2D eigenvalue weighted by Crippen LogP contribution is -2.39. The first-order valence-electron chi connectivity index (χ1n) is 5.40. The lowest BCUT2D eigenvalue weighted by molar-refractivity contribution is -0.0768. The van der Waals surface area contributed by atoms with Crippen LogP contribution in [-0.2, 0) is 18.2 Å². The zero-order valence-corrected chi connectivity index (χ0v) is 9.31. The van der Waals surface area contributed by atoms with Crippen molar-refractivity contribution in [1.29, 1.82) is 0 Å². The number of aryl methyl sites for hydroxylation is 1. The van der Waals surface area contributed by atoms with Gasteiger partial charge in [-0.3, -0.25) is 4.68 Å². The van der Waals surface area contributed by atoms with Crippen molar-refractivity contribution in [3.05, 3.63) is 18.0 Å². The molecule has 2 atom stereocenters. The molecule has 0 amide bonds. The molecule has 1 aliphatic heterocycles. The van der Waals surface area contributed by atoms with E-state index in [2.05, 4.69) is 5.10 Å². The van der Waals surface area contributed by atoms with Crippen molar-refractivity contribution >= 4 is 0 Å². The summed E-state index contributed by atoms with van der Waals surface area (Å²) in [6.07, 6.45) is 5.88. The van der Waals surface area contributed by atoms with Crippen LogP contribution in [0.1, 0.15) is 25.3 Å². The number of nitrogens with zero attached hydrogens (tertiary/aromatic N) is 2. The van der Waals surface area contributed by atoms with E-state index in [9.17, 15) is 5.11 Å². The van der Waals surface area contributed by atoms with E-state index in [0.717, 1.165) is 25.0 Å². The maximum absolute atomic E-state index is 10.1. The summed E-state index contributed by atoms with van der Waals surface area (Å²) in [6, 6.07) is 0. The Hall–Kier alpha value is -0.870. The summed E-state index contributed by atoms with van der Waals surface area (Å²) in [7, 11) is 1.88. The molecule has 2 heterocycles. The van der Waals surface area contributed by atoms with Crippen LogP contribution in [0, 0.1) is 0 Å². The molecule has 4 heteroatoms. The monoisotopic (exact) mass is 210 g/mol. The lowest BCUT2D eigenvalue weighted by atomic mass is 9.92. The summed E-state index contributed by atoms with van der Waals surface area (Å²) < 4.78 is 7.35. The molecule has 1 fully saturated rings. The van der Waals surface area contributed by atoms with Crippen molar-refractivity contribution < 1.29 is 9.84 Å². The third kappa shape index (κ3) is 2.21. The third-order valence-electron chi connectivity index (χ3n) is 3.14. The van der Waals surface area contributed by atoms with Crippen LogP contribution in [0.25, 0.3) is 0 Å². The maximum Gasteiger partial charge on any atom is 0.0916 e. The minimum atomic E-state index is -0.441. The largest absolute Gasteiger partial charge is 0.390 e. The van der Waals surface area contributed by atoms with Crippen molar-refractivity contribution in [3.8, 4) is 0 Å². The van der Waals surface area contributed by atoms with Gasteiger partial charge in [0.15, 0.2) is 0 Å². The van der Waals surface area contributed by atoms with Gasteiger partial charge < -0.3 is 9.84 Å². The summed E-state index contributed by atoms with van der Waals surface area (Å²) >= 11 is 0.